The number of aliphatic carboxylic acids is 1. The number of hydrogen-bond donors (Lipinski definition) is 2. The topological polar surface area (TPSA) is 60.8 Å². The van der Waals surface area contributed by atoms with Gasteiger partial charge in [-0.05, 0) is 31.7 Å². The van der Waals surface area contributed by atoms with E-state index >= 15 is 0 Å². The van der Waals surface area contributed by atoms with Crippen molar-refractivity contribution in [3.8, 4) is 0 Å². The molecule has 0 unspecified atom stereocenters. The van der Waals surface area contributed by atoms with Gasteiger partial charge in [-0.15, -0.1) is 0 Å². The van der Waals surface area contributed by atoms with E-state index in [1.807, 2.05) is 4.90 Å². The maximum Gasteiger partial charge on any atom is 0.317 e. The zero-order chi connectivity index (χ0) is 11.3. The van der Waals surface area contributed by atoms with Crippen LogP contribution in [0.25, 0.3) is 0 Å². The molecule has 0 heterocycles. The number of carbonyl (C=O) groups is 1. The third-order valence-electron chi connectivity index (χ3n) is 3.12. The number of unbranched alkanes of at least 4 members (excludes halogenated alkanes) is 1. The van der Waals surface area contributed by atoms with Crippen molar-refractivity contribution in [3.63, 3.8) is 0 Å². The van der Waals surface area contributed by atoms with Crippen molar-refractivity contribution in [2.75, 3.05) is 19.7 Å². The highest BCUT2D eigenvalue weighted by Crippen LogP contribution is 2.31. The van der Waals surface area contributed by atoms with Gasteiger partial charge in [-0.25, -0.2) is 0 Å². The molecule has 0 bridgehead atoms. The number of aliphatic hydroxyl groups is 1. The van der Waals surface area contributed by atoms with Crippen LogP contribution in [-0.4, -0.2) is 46.8 Å². The van der Waals surface area contributed by atoms with Crippen LogP contribution in [0.1, 0.15) is 32.6 Å². The summed E-state index contributed by atoms with van der Waals surface area (Å²) in [7, 11) is 0. The van der Waals surface area contributed by atoms with Crippen LogP contribution >= 0.6 is 0 Å². The molecule has 0 aliphatic heterocycles. The molecule has 0 atom stereocenters. The van der Waals surface area contributed by atoms with Gasteiger partial charge in [-0.2, -0.15) is 0 Å². The summed E-state index contributed by atoms with van der Waals surface area (Å²) in [6, 6.07) is 0.379. The molecule has 0 saturated heterocycles. The average Bonchev–Trinajstić information content (AvgIpc) is 2.11. The summed E-state index contributed by atoms with van der Waals surface area (Å²) in [6.45, 7) is 3.36. The Bertz CT molecular complexity index is 202. The fraction of sp³-hybridized carbons (Fsp3) is 0.909. The van der Waals surface area contributed by atoms with Gasteiger partial charge in [-0.1, -0.05) is 13.3 Å². The highest BCUT2D eigenvalue weighted by Gasteiger charge is 2.33. The van der Waals surface area contributed by atoms with E-state index in [1.54, 1.807) is 0 Å². The molecule has 0 radical (unpaired) electrons. The molecule has 1 rings (SSSR count). The molecule has 15 heavy (non-hydrogen) atoms. The maximum absolute atomic E-state index is 10.7. The monoisotopic (exact) mass is 215 g/mol. The number of aliphatic hydroxyl groups excluding tert-OH is 1. The van der Waals surface area contributed by atoms with Crippen LogP contribution in [-0.2, 0) is 4.79 Å². The number of carboxylic acid groups (broad SMARTS) is 1. The first kappa shape index (κ1) is 12.5. The second-order valence-electron chi connectivity index (χ2n) is 4.39. The Hall–Kier alpha value is -0.610. The van der Waals surface area contributed by atoms with E-state index in [9.17, 15) is 4.79 Å². The lowest BCUT2D eigenvalue weighted by atomic mass is 9.80. The lowest BCUT2D eigenvalue weighted by molar-refractivity contribution is -0.139. The summed E-state index contributed by atoms with van der Waals surface area (Å²) in [5.41, 5.74) is 0. The number of nitrogens with zero attached hydrogens (tertiary/aromatic N) is 1. The molecule has 88 valence electrons. The third-order valence-corrected chi connectivity index (χ3v) is 3.12. The van der Waals surface area contributed by atoms with Gasteiger partial charge in [0.1, 0.15) is 0 Å². The Morgan fingerprint density at radius 2 is 2.13 bits per heavy atom. The summed E-state index contributed by atoms with van der Waals surface area (Å²) in [5.74, 6) is -0.355. The number of carboxylic acids is 1. The van der Waals surface area contributed by atoms with Gasteiger partial charge in [-0.3, -0.25) is 9.69 Å². The summed E-state index contributed by atoms with van der Waals surface area (Å²) in [6.07, 6.45) is 4.04. The molecule has 0 amide bonds. The van der Waals surface area contributed by atoms with Gasteiger partial charge in [0.15, 0.2) is 0 Å². The van der Waals surface area contributed by atoms with E-state index in [4.69, 9.17) is 10.2 Å². The predicted octanol–water partition coefficient (Wildman–Crippen LogP) is 0.944. The van der Waals surface area contributed by atoms with Crippen molar-refractivity contribution in [3.05, 3.63) is 0 Å². The molecule has 1 aliphatic carbocycles. The normalized spacial score (nSPS) is 25.3. The molecule has 1 fully saturated rings. The Balaban J connectivity index is 2.32. The molecular weight excluding hydrogens is 194 g/mol. The van der Waals surface area contributed by atoms with Crippen molar-refractivity contribution in [1.29, 1.82) is 0 Å². The Morgan fingerprint density at radius 3 is 2.60 bits per heavy atom. The van der Waals surface area contributed by atoms with Crippen molar-refractivity contribution in [2.24, 2.45) is 5.92 Å². The first-order valence-electron chi connectivity index (χ1n) is 5.74. The molecule has 4 nitrogen and oxygen atoms in total. The minimum absolute atomic E-state index is 0.142. The first-order chi connectivity index (χ1) is 7.17. The van der Waals surface area contributed by atoms with Crippen LogP contribution in [0.2, 0.25) is 0 Å². The van der Waals surface area contributed by atoms with Crippen molar-refractivity contribution < 1.29 is 15.0 Å². The Labute approximate surface area is 90.9 Å². The SMILES string of the molecule is CCCCN(CC(=O)O)C1CC(CO)C1. The van der Waals surface area contributed by atoms with E-state index in [0.29, 0.717) is 12.0 Å². The average molecular weight is 215 g/mol. The highest BCUT2D eigenvalue weighted by atomic mass is 16.4. The van der Waals surface area contributed by atoms with Crippen LogP contribution in [0.3, 0.4) is 0 Å². The standard InChI is InChI=1S/C11H21NO3/c1-2-3-4-12(7-11(14)15)10-5-9(6-10)8-13/h9-10,13H,2-8H2,1H3,(H,14,15). The largest absolute Gasteiger partial charge is 0.480 e. The van der Waals surface area contributed by atoms with Crippen molar-refractivity contribution in [1.82, 2.24) is 4.90 Å². The summed E-state index contributed by atoms with van der Waals surface area (Å²) in [5, 5.41) is 17.7. The van der Waals surface area contributed by atoms with Gasteiger partial charge in [0, 0.05) is 12.6 Å². The molecule has 4 heteroatoms. The second kappa shape index (κ2) is 6.08. The molecule has 1 aliphatic rings. The highest BCUT2D eigenvalue weighted by molar-refractivity contribution is 5.69. The van der Waals surface area contributed by atoms with Gasteiger partial charge in [0.25, 0.3) is 0 Å². The predicted molar refractivity (Wildman–Crippen MR) is 57.7 cm³/mol. The van der Waals surface area contributed by atoms with Crippen molar-refractivity contribution in [2.45, 2.75) is 38.6 Å². The van der Waals surface area contributed by atoms with E-state index in [2.05, 4.69) is 6.92 Å². The lowest BCUT2D eigenvalue weighted by Crippen LogP contribution is -2.48. The minimum atomic E-state index is -0.751. The van der Waals surface area contributed by atoms with Crippen molar-refractivity contribution >= 4 is 5.97 Å². The zero-order valence-corrected chi connectivity index (χ0v) is 9.35. The fourth-order valence-corrected chi connectivity index (χ4v) is 2.07. The quantitative estimate of drug-likeness (QED) is 0.663. The molecule has 0 aromatic heterocycles. The van der Waals surface area contributed by atoms with E-state index < -0.39 is 5.97 Å². The van der Waals surface area contributed by atoms with E-state index in [-0.39, 0.29) is 13.2 Å². The third kappa shape index (κ3) is 3.80. The van der Waals surface area contributed by atoms with E-state index in [1.165, 1.54) is 0 Å². The fourth-order valence-electron chi connectivity index (χ4n) is 2.07. The lowest BCUT2D eigenvalue weighted by Gasteiger charge is -2.41. The smallest absolute Gasteiger partial charge is 0.317 e. The van der Waals surface area contributed by atoms with Crippen LogP contribution in [0.15, 0.2) is 0 Å². The summed E-state index contributed by atoms with van der Waals surface area (Å²) < 4.78 is 0. The zero-order valence-electron chi connectivity index (χ0n) is 9.35. The molecule has 0 aromatic carbocycles. The molecule has 0 spiro atoms. The summed E-state index contributed by atoms with van der Waals surface area (Å²) in [4.78, 5) is 12.7. The number of hydrogen-bond acceptors (Lipinski definition) is 3. The maximum atomic E-state index is 10.7. The van der Waals surface area contributed by atoms with Gasteiger partial charge < -0.3 is 10.2 Å². The molecule has 1 saturated carbocycles. The van der Waals surface area contributed by atoms with Gasteiger partial charge in [0.05, 0.1) is 6.54 Å². The van der Waals surface area contributed by atoms with Crippen LogP contribution in [0, 0.1) is 5.92 Å². The molecule has 2 N–H and O–H groups in total. The minimum Gasteiger partial charge on any atom is -0.480 e. The number of rotatable bonds is 7. The van der Waals surface area contributed by atoms with Crippen LogP contribution in [0.4, 0.5) is 0 Å². The van der Waals surface area contributed by atoms with E-state index in [0.717, 1.165) is 32.2 Å². The first-order valence-corrected chi connectivity index (χ1v) is 5.74. The van der Waals surface area contributed by atoms with Crippen LogP contribution in [0.5, 0.6) is 0 Å². The Morgan fingerprint density at radius 1 is 1.47 bits per heavy atom. The Kier molecular flexibility index (Phi) is 5.05. The van der Waals surface area contributed by atoms with Gasteiger partial charge >= 0.3 is 5.97 Å². The molecule has 0 aromatic rings. The van der Waals surface area contributed by atoms with Crippen LogP contribution < -0.4 is 0 Å². The summed E-state index contributed by atoms with van der Waals surface area (Å²) >= 11 is 0. The molecular formula is C11H21NO3. The second-order valence-corrected chi connectivity index (χ2v) is 4.39. The van der Waals surface area contributed by atoms with Gasteiger partial charge in [0.2, 0.25) is 0 Å².